The molecule has 0 amide bonds. The summed E-state index contributed by atoms with van der Waals surface area (Å²) in [4.78, 5) is 2.59. The van der Waals surface area contributed by atoms with Gasteiger partial charge in [-0.05, 0) is 51.9 Å². The predicted molar refractivity (Wildman–Crippen MR) is 73.3 cm³/mol. The molecule has 94 valence electrons. The quantitative estimate of drug-likeness (QED) is 0.857. The van der Waals surface area contributed by atoms with Crippen LogP contribution in [-0.4, -0.2) is 37.1 Å². The summed E-state index contributed by atoms with van der Waals surface area (Å²) in [6, 6.07) is 10.8. The molecule has 0 aromatic heterocycles. The average Bonchev–Trinajstić information content (AvgIpc) is 2.39. The van der Waals surface area contributed by atoms with Crippen LogP contribution >= 0.6 is 0 Å². The summed E-state index contributed by atoms with van der Waals surface area (Å²) in [7, 11) is 2.08. The summed E-state index contributed by atoms with van der Waals surface area (Å²) in [5.74, 6) is 0. The molecule has 0 aliphatic carbocycles. The lowest BCUT2D eigenvalue weighted by Gasteiger charge is -2.39. The van der Waals surface area contributed by atoms with Crippen LogP contribution in [0.25, 0.3) is 0 Å². The van der Waals surface area contributed by atoms with E-state index in [0.717, 1.165) is 0 Å². The van der Waals surface area contributed by atoms with Gasteiger partial charge in [-0.3, -0.25) is 0 Å². The van der Waals surface area contributed by atoms with E-state index in [1.807, 2.05) is 0 Å². The second kappa shape index (κ2) is 5.65. The van der Waals surface area contributed by atoms with E-state index in [1.165, 1.54) is 44.5 Å². The van der Waals surface area contributed by atoms with Crippen LogP contribution in [0.15, 0.2) is 30.3 Å². The SMILES string of the molecule is CNC1(C)CCN(CCc2ccccc2)CC1. The fourth-order valence-electron chi connectivity index (χ4n) is 2.45. The highest BCUT2D eigenvalue weighted by molar-refractivity contribution is 5.14. The normalized spacial score (nSPS) is 20.4. The Hall–Kier alpha value is -0.860. The van der Waals surface area contributed by atoms with Crippen LogP contribution < -0.4 is 5.32 Å². The molecule has 1 aliphatic rings. The van der Waals surface area contributed by atoms with Gasteiger partial charge in [-0.2, -0.15) is 0 Å². The molecule has 1 fully saturated rings. The monoisotopic (exact) mass is 232 g/mol. The molecule has 1 heterocycles. The Bertz CT molecular complexity index is 326. The Labute approximate surface area is 105 Å². The van der Waals surface area contributed by atoms with Crippen molar-refractivity contribution in [2.24, 2.45) is 0 Å². The Morgan fingerprint density at radius 2 is 1.82 bits per heavy atom. The first-order valence-electron chi connectivity index (χ1n) is 6.67. The zero-order valence-electron chi connectivity index (χ0n) is 11.1. The zero-order valence-corrected chi connectivity index (χ0v) is 11.1. The molecule has 0 atom stereocenters. The predicted octanol–water partition coefficient (Wildman–Crippen LogP) is 2.30. The molecule has 1 aromatic carbocycles. The van der Waals surface area contributed by atoms with Crippen LogP contribution in [-0.2, 0) is 6.42 Å². The molecule has 2 heteroatoms. The molecule has 17 heavy (non-hydrogen) atoms. The maximum absolute atomic E-state index is 3.45. The molecule has 2 nitrogen and oxygen atoms in total. The summed E-state index contributed by atoms with van der Waals surface area (Å²) in [6.07, 6.45) is 3.70. The third kappa shape index (κ3) is 3.55. The Morgan fingerprint density at radius 3 is 2.41 bits per heavy atom. The highest BCUT2D eigenvalue weighted by atomic mass is 15.1. The molecule has 2 rings (SSSR count). The van der Waals surface area contributed by atoms with Gasteiger partial charge in [0, 0.05) is 12.1 Å². The van der Waals surface area contributed by atoms with E-state index in [1.54, 1.807) is 0 Å². The molecule has 1 N–H and O–H groups in total. The number of nitrogens with zero attached hydrogens (tertiary/aromatic N) is 1. The topological polar surface area (TPSA) is 15.3 Å². The van der Waals surface area contributed by atoms with Crippen molar-refractivity contribution in [3.63, 3.8) is 0 Å². The minimum Gasteiger partial charge on any atom is -0.314 e. The minimum atomic E-state index is 0.364. The summed E-state index contributed by atoms with van der Waals surface area (Å²) >= 11 is 0. The highest BCUT2D eigenvalue weighted by Crippen LogP contribution is 2.21. The van der Waals surface area contributed by atoms with E-state index < -0.39 is 0 Å². The van der Waals surface area contributed by atoms with Crippen LogP contribution in [0.1, 0.15) is 25.3 Å². The van der Waals surface area contributed by atoms with Crippen molar-refractivity contribution >= 4 is 0 Å². The van der Waals surface area contributed by atoms with Gasteiger partial charge in [0.25, 0.3) is 0 Å². The maximum atomic E-state index is 3.45. The molecular formula is C15H24N2. The molecule has 1 aliphatic heterocycles. The lowest BCUT2D eigenvalue weighted by Crippen LogP contribution is -2.50. The number of rotatable bonds is 4. The first-order valence-corrected chi connectivity index (χ1v) is 6.67. The van der Waals surface area contributed by atoms with Crippen molar-refractivity contribution in [2.45, 2.75) is 31.7 Å². The van der Waals surface area contributed by atoms with Crippen LogP contribution in [0, 0.1) is 0 Å². The van der Waals surface area contributed by atoms with E-state index in [-0.39, 0.29) is 0 Å². The average molecular weight is 232 g/mol. The van der Waals surface area contributed by atoms with Crippen molar-refractivity contribution in [3.05, 3.63) is 35.9 Å². The molecule has 0 bridgehead atoms. The van der Waals surface area contributed by atoms with Gasteiger partial charge in [0.1, 0.15) is 0 Å². The van der Waals surface area contributed by atoms with Gasteiger partial charge >= 0.3 is 0 Å². The first-order chi connectivity index (χ1) is 8.22. The molecule has 1 aromatic rings. The van der Waals surface area contributed by atoms with Crippen molar-refractivity contribution in [2.75, 3.05) is 26.7 Å². The standard InChI is InChI=1S/C15H24N2/c1-15(16-2)9-12-17(13-10-15)11-8-14-6-4-3-5-7-14/h3-7,16H,8-13H2,1-2H3. The van der Waals surface area contributed by atoms with Gasteiger partial charge in [-0.25, -0.2) is 0 Å². The lowest BCUT2D eigenvalue weighted by atomic mass is 9.90. The third-order valence-electron chi connectivity index (χ3n) is 4.12. The number of benzene rings is 1. The summed E-state index contributed by atoms with van der Waals surface area (Å²) < 4.78 is 0. The Kier molecular flexibility index (Phi) is 4.19. The van der Waals surface area contributed by atoms with Gasteiger partial charge in [-0.15, -0.1) is 0 Å². The number of hydrogen-bond donors (Lipinski definition) is 1. The number of hydrogen-bond acceptors (Lipinski definition) is 2. The van der Waals surface area contributed by atoms with E-state index in [9.17, 15) is 0 Å². The second-order valence-corrected chi connectivity index (χ2v) is 5.39. The van der Waals surface area contributed by atoms with Gasteiger partial charge in [0.05, 0.1) is 0 Å². The molecule has 0 saturated carbocycles. The molecule has 0 radical (unpaired) electrons. The maximum Gasteiger partial charge on any atom is 0.0174 e. The van der Waals surface area contributed by atoms with Gasteiger partial charge in [0.2, 0.25) is 0 Å². The second-order valence-electron chi connectivity index (χ2n) is 5.39. The van der Waals surface area contributed by atoms with E-state index >= 15 is 0 Å². The van der Waals surface area contributed by atoms with Crippen LogP contribution in [0.3, 0.4) is 0 Å². The largest absolute Gasteiger partial charge is 0.314 e. The number of likely N-dealkylation sites (tertiary alicyclic amines) is 1. The summed E-state index contributed by atoms with van der Waals surface area (Å²) in [5, 5.41) is 3.45. The zero-order chi connectivity index (χ0) is 12.1. The smallest absolute Gasteiger partial charge is 0.0174 e. The molecule has 0 spiro atoms. The van der Waals surface area contributed by atoms with Crippen LogP contribution in [0.5, 0.6) is 0 Å². The van der Waals surface area contributed by atoms with Crippen molar-refractivity contribution in [1.82, 2.24) is 10.2 Å². The van der Waals surface area contributed by atoms with Crippen LogP contribution in [0.2, 0.25) is 0 Å². The fraction of sp³-hybridized carbons (Fsp3) is 0.600. The van der Waals surface area contributed by atoms with Crippen molar-refractivity contribution in [3.8, 4) is 0 Å². The van der Waals surface area contributed by atoms with E-state index in [4.69, 9.17) is 0 Å². The van der Waals surface area contributed by atoms with E-state index in [0.29, 0.717) is 5.54 Å². The Balaban J connectivity index is 1.75. The molecular weight excluding hydrogens is 208 g/mol. The lowest BCUT2D eigenvalue weighted by molar-refractivity contribution is 0.153. The summed E-state index contributed by atoms with van der Waals surface area (Å²) in [6.45, 7) is 5.99. The summed E-state index contributed by atoms with van der Waals surface area (Å²) in [5.41, 5.74) is 1.82. The fourth-order valence-corrected chi connectivity index (χ4v) is 2.45. The molecule has 1 saturated heterocycles. The number of piperidine rings is 1. The number of nitrogens with one attached hydrogen (secondary N) is 1. The highest BCUT2D eigenvalue weighted by Gasteiger charge is 2.27. The van der Waals surface area contributed by atoms with E-state index in [2.05, 4.69) is 54.5 Å². The van der Waals surface area contributed by atoms with Crippen molar-refractivity contribution < 1.29 is 0 Å². The van der Waals surface area contributed by atoms with Gasteiger partial charge < -0.3 is 10.2 Å². The van der Waals surface area contributed by atoms with Gasteiger partial charge in [0.15, 0.2) is 0 Å². The van der Waals surface area contributed by atoms with Crippen molar-refractivity contribution in [1.29, 1.82) is 0 Å². The minimum absolute atomic E-state index is 0.364. The van der Waals surface area contributed by atoms with Crippen LogP contribution in [0.4, 0.5) is 0 Å². The van der Waals surface area contributed by atoms with Gasteiger partial charge in [-0.1, -0.05) is 30.3 Å². The first kappa shape index (κ1) is 12.6. The third-order valence-corrected chi connectivity index (χ3v) is 4.12. The molecule has 0 unspecified atom stereocenters. The Morgan fingerprint density at radius 1 is 1.18 bits per heavy atom.